The predicted molar refractivity (Wildman–Crippen MR) is 56.0 cm³/mol. The third-order valence-electron chi connectivity index (χ3n) is 1.75. The van der Waals surface area contributed by atoms with E-state index in [0.717, 1.165) is 24.3 Å². The molecule has 0 aliphatic rings. The fourth-order valence-corrected chi connectivity index (χ4v) is 0.802. The molecule has 1 aromatic rings. The molecule has 0 spiro atoms. The van der Waals surface area contributed by atoms with Gasteiger partial charge in [0, 0.05) is 0 Å². The molecule has 5 nitrogen and oxygen atoms in total. The largest absolute Gasteiger partial charge is 0.522 e. The zero-order valence-corrected chi connectivity index (χ0v) is 10.4. The van der Waals surface area contributed by atoms with Gasteiger partial charge in [0.15, 0.2) is 0 Å². The van der Waals surface area contributed by atoms with Crippen LogP contribution in [0.2, 0.25) is 0 Å². The zero-order valence-electron chi connectivity index (χ0n) is 9.60. The van der Waals surface area contributed by atoms with Gasteiger partial charge in [-0.15, -0.1) is 0 Å². The van der Waals surface area contributed by atoms with Crippen LogP contribution in [0.5, 0.6) is 0 Å². The average molecular weight is 340 g/mol. The van der Waals surface area contributed by atoms with Crippen LogP contribution in [-0.4, -0.2) is 29.6 Å². The van der Waals surface area contributed by atoms with Gasteiger partial charge in [0.2, 0.25) is 0 Å². The number of carboxylic acids is 1. The summed E-state index contributed by atoms with van der Waals surface area (Å²) in [5.74, 6) is -1.24. The SMILES string of the molecule is O=C(O)c1ccc(C(F)(F)F)cc1.O=S(=O)(O)C(F)(F)F. The summed E-state index contributed by atoms with van der Waals surface area (Å²) in [7, 11) is -5.84. The van der Waals surface area contributed by atoms with Crippen molar-refractivity contribution in [2.24, 2.45) is 0 Å². The molecule has 0 saturated heterocycles. The third kappa shape index (κ3) is 6.44. The Kier molecular flexibility index (Phi) is 5.76. The first-order valence-electron chi connectivity index (χ1n) is 4.60. The topological polar surface area (TPSA) is 91.7 Å². The number of carboxylic acid groups (broad SMARTS) is 1. The fraction of sp³-hybridized carbons (Fsp3) is 0.222. The van der Waals surface area contributed by atoms with Crippen molar-refractivity contribution >= 4 is 16.1 Å². The minimum atomic E-state index is -5.84. The van der Waals surface area contributed by atoms with E-state index in [4.69, 9.17) is 18.1 Å². The number of carbonyl (C=O) groups is 1. The molecule has 0 aromatic heterocycles. The van der Waals surface area contributed by atoms with Gasteiger partial charge in [-0.2, -0.15) is 34.8 Å². The highest BCUT2D eigenvalue weighted by Crippen LogP contribution is 2.29. The van der Waals surface area contributed by atoms with Gasteiger partial charge in [-0.3, -0.25) is 4.55 Å². The van der Waals surface area contributed by atoms with Gasteiger partial charge < -0.3 is 5.11 Å². The number of hydrogen-bond acceptors (Lipinski definition) is 3. The Bertz CT molecular complexity index is 587. The zero-order chi connectivity index (χ0) is 17.1. The van der Waals surface area contributed by atoms with Crippen LogP contribution in [0, 0.1) is 0 Å². The van der Waals surface area contributed by atoms with Crippen molar-refractivity contribution in [3.63, 3.8) is 0 Å². The van der Waals surface area contributed by atoms with E-state index in [0.29, 0.717) is 0 Å². The Balaban J connectivity index is 0.000000433. The lowest BCUT2D eigenvalue weighted by atomic mass is 10.1. The van der Waals surface area contributed by atoms with E-state index in [9.17, 15) is 31.1 Å². The fourth-order valence-electron chi connectivity index (χ4n) is 0.802. The van der Waals surface area contributed by atoms with Crippen LogP contribution in [0.4, 0.5) is 26.3 Å². The maximum Gasteiger partial charge on any atom is 0.522 e. The second kappa shape index (κ2) is 6.30. The van der Waals surface area contributed by atoms with Crippen molar-refractivity contribution in [2.75, 3.05) is 0 Å². The van der Waals surface area contributed by atoms with E-state index in [2.05, 4.69) is 0 Å². The lowest BCUT2D eigenvalue weighted by Gasteiger charge is -2.05. The van der Waals surface area contributed by atoms with Crippen LogP contribution >= 0.6 is 0 Å². The molecular formula is C9H6F6O5S. The van der Waals surface area contributed by atoms with Crippen molar-refractivity contribution in [1.29, 1.82) is 0 Å². The molecule has 0 amide bonds. The maximum absolute atomic E-state index is 12.0. The number of alkyl halides is 6. The molecule has 0 heterocycles. The maximum atomic E-state index is 12.0. The molecule has 0 unspecified atom stereocenters. The summed E-state index contributed by atoms with van der Waals surface area (Å²) >= 11 is 0. The Morgan fingerprint density at radius 3 is 1.48 bits per heavy atom. The predicted octanol–water partition coefficient (Wildman–Crippen LogP) is 2.80. The molecule has 0 saturated carbocycles. The number of rotatable bonds is 1. The number of halogens is 6. The number of aromatic carboxylic acids is 1. The summed E-state index contributed by atoms with van der Waals surface area (Å²) in [6.45, 7) is 0. The Morgan fingerprint density at radius 1 is 0.952 bits per heavy atom. The monoisotopic (exact) mass is 340 g/mol. The molecule has 0 aliphatic carbocycles. The highest BCUT2D eigenvalue weighted by atomic mass is 32.2. The Morgan fingerprint density at radius 2 is 1.29 bits per heavy atom. The molecule has 0 aliphatic heterocycles. The normalized spacial score (nSPS) is 12.3. The first kappa shape index (κ1) is 19.2. The second-order valence-corrected chi connectivity index (χ2v) is 4.71. The van der Waals surface area contributed by atoms with Crippen LogP contribution in [0.3, 0.4) is 0 Å². The molecule has 21 heavy (non-hydrogen) atoms. The van der Waals surface area contributed by atoms with Crippen LogP contribution < -0.4 is 0 Å². The number of hydrogen-bond donors (Lipinski definition) is 2. The van der Waals surface area contributed by atoms with E-state index in [1.807, 2.05) is 0 Å². The summed E-state index contributed by atoms with van der Waals surface area (Å²) in [4.78, 5) is 10.3. The molecule has 1 aromatic carbocycles. The molecule has 1 rings (SSSR count). The first-order chi connectivity index (χ1) is 9.16. The second-order valence-electron chi connectivity index (χ2n) is 3.30. The molecular weight excluding hydrogens is 334 g/mol. The van der Waals surface area contributed by atoms with Crippen LogP contribution in [-0.2, 0) is 16.3 Å². The van der Waals surface area contributed by atoms with Crippen molar-refractivity contribution in [3.8, 4) is 0 Å². The summed E-state index contributed by atoms with van der Waals surface area (Å²) in [5, 5.41) is 8.40. The average Bonchev–Trinajstić information content (AvgIpc) is 2.26. The van der Waals surface area contributed by atoms with Gasteiger partial charge in [-0.1, -0.05) is 0 Å². The highest BCUT2D eigenvalue weighted by Gasteiger charge is 2.44. The molecule has 0 fully saturated rings. The van der Waals surface area contributed by atoms with Crippen molar-refractivity contribution < 1.29 is 49.2 Å². The van der Waals surface area contributed by atoms with Gasteiger partial charge in [0.05, 0.1) is 11.1 Å². The van der Waals surface area contributed by atoms with Crippen LogP contribution in [0.15, 0.2) is 24.3 Å². The van der Waals surface area contributed by atoms with E-state index in [-0.39, 0.29) is 5.56 Å². The Hall–Kier alpha value is -1.82. The van der Waals surface area contributed by atoms with Gasteiger partial charge >= 0.3 is 27.8 Å². The van der Waals surface area contributed by atoms with E-state index in [1.165, 1.54) is 0 Å². The van der Waals surface area contributed by atoms with E-state index < -0.39 is 33.3 Å². The van der Waals surface area contributed by atoms with Crippen molar-refractivity contribution in [3.05, 3.63) is 35.4 Å². The van der Waals surface area contributed by atoms with E-state index >= 15 is 0 Å². The standard InChI is InChI=1S/C8H5F3O2.CHF3O3S/c9-8(10,11)6-3-1-5(2-4-6)7(12)13;2-1(3,4)8(5,6)7/h1-4H,(H,12,13);(H,5,6,7). The summed E-state index contributed by atoms with van der Waals surface area (Å²) in [5.41, 5.74) is -6.54. The molecule has 2 N–H and O–H groups in total. The molecule has 12 heteroatoms. The highest BCUT2D eigenvalue weighted by molar-refractivity contribution is 7.86. The van der Waals surface area contributed by atoms with Crippen LogP contribution in [0.1, 0.15) is 15.9 Å². The van der Waals surface area contributed by atoms with E-state index in [1.54, 1.807) is 0 Å². The summed E-state index contributed by atoms with van der Waals surface area (Å²) < 4.78 is 93.5. The first-order valence-corrected chi connectivity index (χ1v) is 6.04. The van der Waals surface area contributed by atoms with Crippen molar-refractivity contribution in [2.45, 2.75) is 11.7 Å². The quantitative estimate of drug-likeness (QED) is 0.466. The third-order valence-corrected chi connectivity index (χ3v) is 2.34. The number of benzene rings is 1. The lowest BCUT2D eigenvalue weighted by Crippen LogP contribution is -2.21. The molecule has 0 bridgehead atoms. The van der Waals surface area contributed by atoms with Crippen molar-refractivity contribution in [1.82, 2.24) is 0 Å². The molecule has 0 radical (unpaired) electrons. The Labute approximate surface area is 113 Å². The van der Waals surface area contributed by atoms with Crippen LogP contribution in [0.25, 0.3) is 0 Å². The minimum Gasteiger partial charge on any atom is -0.478 e. The minimum absolute atomic E-state index is 0.159. The smallest absolute Gasteiger partial charge is 0.478 e. The van der Waals surface area contributed by atoms with Gasteiger partial charge in [-0.05, 0) is 24.3 Å². The van der Waals surface area contributed by atoms with Gasteiger partial charge in [-0.25, -0.2) is 4.79 Å². The lowest BCUT2D eigenvalue weighted by molar-refractivity contribution is -0.137. The van der Waals surface area contributed by atoms with Gasteiger partial charge in [0.1, 0.15) is 0 Å². The molecule has 120 valence electrons. The van der Waals surface area contributed by atoms with Gasteiger partial charge in [0.25, 0.3) is 0 Å². The summed E-state index contributed by atoms with van der Waals surface area (Å²) in [6, 6.07) is 3.32. The molecule has 0 atom stereocenters. The summed E-state index contributed by atoms with van der Waals surface area (Å²) in [6.07, 6.45) is -4.42.